The lowest BCUT2D eigenvalue weighted by Gasteiger charge is -2.53. The smallest absolute Gasteiger partial charge is 0.306 e. The fourth-order valence-electron chi connectivity index (χ4n) is 5.93. The molecule has 0 N–H and O–H groups in total. The molecule has 2 heterocycles. The Bertz CT molecular complexity index is 604. The van der Waals surface area contributed by atoms with Gasteiger partial charge in [-0.15, -0.1) is 0 Å². The molecule has 33 heavy (non-hydrogen) atoms. The number of nitrogens with zero attached hydrogens (tertiary/aromatic N) is 2. The first-order chi connectivity index (χ1) is 15.0. The van der Waals surface area contributed by atoms with E-state index in [-0.39, 0.29) is 46.3 Å². The topological polar surface area (TPSA) is 59.1 Å². The van der Waals surface area contributed by atoms with Gasteiger partial charge in [-0.2, -0.15) is 0 Å². The molecule has 0 atom stereocenters. The highest BCUT2D eigenvalue weighted by Gasteiger charge is 2.45. The summed E-state index contributed by atoms with van der Waals surface area (Å²) in [5, 5.41) is 0. The molecule has 0 bridgehead atoms. The lowest BCUT2D eigenvalue weighted by molar-refractivity contribution is -0.159. The van der Waals surface area contributed by atoms with Crippen LogP contribution in [0.4, 0.5) is 0 Å². The normalized spacial score (nSPS) is 25.5. The molecule has 192 valence electrons. The van der Waals surface area contributed by atoms with Crippen molar-refractivity contribution in [2.24, 2.45) is 0 Å². The molecule has 2 fully saturated rings. The van der Waals surface area contributed by atoms with E-state index in [9.17, 15) is 9.59 Å². The van der Waals surface area contributed by atoms with Gasteiger partial charge in [0.1, 0.15) is 12.2 Å². The number of rotatable bonds is 8. The zero-order chi connectivity index (χ0) is 25.2. The third kappa shape index (κ3) is 7.42. The molecule has 6 nitrogen and oxygen atoms in total. The monoisotopic (exact) mass is 466 g/mol. The SMILES string of the molecule is CN1C(C)(C)CC(OC(=O)CCCCCC(=O)OC2CC(C)(C)N(C)C(C)(C)C2)CC1(C)C. The first-order valence-electron chi connectivity index (χ1n) is 12.8. The van der Waals surface area contributed by atoms with Gasteiger partial charge in [-0.3, -0.25) is 19.4 Å². The van der Waals surface area contributed by atoms with Crippen LogP contribution in [0.3, 0.4) is 0 Å². The highest BCUT2D eigenvalue weighted by molar-refractivity contribution is 5.70. The summed E-state index contributed by atoms with van der Waals surface area (Å²) in [6.45, 7) is 17.7. The van der Waals surface area contributed by atoms with Crippen molar-refractivity contribution in [3.8, 4) is 0 Å². The molecule has 2 aliphatic heterocycles. The average molecular weight is 467 g/mol. The van der Waals surface area contributed by atoms with E-state index >= 15 is 0 Å². The van der Waals surface area contributed by atoms with Crippen molar-refractivity contribution in [3.05, 3.63) is 0 Å². The molecule has 0 aromatic heterocycles. The Morgan fingerprint density at radius 3 is 1.15 bits per heavy atom. The van der Waals surface area contributed by atoms with Crippen LogP contribution < -0.4 is 0 Å². The number of piperidine rings is 2. The maximum atomic E-state index is 12.4. The minimum atomic E-state index is -0.116. The Balaban J connectivity index is 1.66. The fourth-order valence-corrected chi connectivity index (χ4v) is 5.93. The third-order valence-corrected chi connectivity index (χ3v) is 8.40. The Labute approximate surface area is 202 Å². The maximum Gasteiger partial charge on any atom is 0.306 e. The Morgan fingerprint density at radius 1 is 0.606 bits per heavy atom. The van der Waals surface area contributed by atoms with Gasteiger partial charge in [0.2, 0.25) is 0 Å². The molecular weight excluding hydrogens is 416 g/mol. The van der Waals surface area contributed by atoms with E-state index in [1.54, 1.807) is 0 Å². The summed E-state index contributed by atoms with van der Waals surface area (Å²) in [5.74, 6) is -0.232. The Kier molecular flexibility index (Phi) is 8.71. The minimum Gasteiger partial charge on any atom is -0.462 e. The lowest BCUT2D eigenvalue weighted by Crippen LogP contribution is -2.60. The van der Waals surface area contributed by atoms with Crippen LogP contribution in [-0.4, -0.2) is 70.2 Å². The van der Waals surface area contributed by atoms with Gasteiger partial charge in [-0.25, -0.2) is 0 Å². The molecule has 2 rings (SSSR count). The Morgan fingerprint density at radius 2 is 0.879 bits per heavy atom. The van der Waals surface area contributed by atoms with Crippen LogP contribution >= 0.6 is 0 Å². The van der Waals surface area contributed by atoms with Gasteiger partial charge in [0, 0.05) is 60.7 Å². The zero-order valence-corrected chi connectivity index (χ0v) is 23.0. The van der Waals surface area contributed by atoms with Crippen molar-refractivity contribution in [3.63, 3.8) is 0 Å². The van der Waals surface area contributed by atoms with E-state index in [1.165, 1.54) is 0 Å². The number of ether oxygens (including phenoxy) is 2. The highest BCUT2D eigenvalue weighted by atomic mass is 16.5. The lowest BCUT2D eigenvalue weighted by atomic mass is 9.79. The maximum absolute atomic E-state index is 12.4. The van der Waals surface area contributed by atoms with Gasteiger partial charge in [0.05, 0.1) is 0 Å². The van der Waals surface area contributed by atoms with Gasteiger partial charge in [-0.05, 0) is 82.3 Å². The first-order valence-corrected chi connectivity index (χ1v) is 12.8. The standard InChI is InChI=1S/C27H50N2O4/c1-24(2)16-20(17-25(3,4)28(24)9)32-22(30)14-12-11-13-15-23(31)33-21-18-26(5,6)29(10)27(7,8)19-21/h20-21H,11-19H2,1-10H3. The number of carbonyl (C=O) groups excluding carboxylic acids is 2. The van der Waals surface area contributed by atoms with Crippen LogP contribution in [0.2, 0.25) is 0 Å². The van der Waals surface area contributed by atoms with E-state index in [0.717, 1.165) is 44.9 Å². The van der Waals surface area contributed by atoms with Crippen molar-refractivity contribution < 1.29 is 19.1 Å². The largest absolute Gasteiger partial charge is 0.462 e. The first kappa shape index (κ1) is 28.1. The molecular formula is C27H50N2O4. The van der Waals surface area contributed by atoms with Crippen LogP contribution in [0, 0.1) is 0 Å². The number of carbonyl (C=O) groups is 2. The van der Waals surface area contributed by atoms with E-state index in [4.69, 9.17) is 9.47 Å². The third-order valence-electron chi connectivity index (χ3n) is 8.40. The molecule has 0 amide bonds. The quantitative estimate of drug-likeness (QED) is 0.356. The summed E-state index contributed by atoms with van der Waals surface area (Å²) in [5.41, 5.74) is 0.0208. The number of hydrogen-bond acceptors (Lipinski definition) is 6. The van der Waals surface area contributed by atoms with E-state index in [0.29, 0.717) is 12.8 Å². The van der Waals surface area contributed by atoms with Gasteiger partial charge >= 0.3 is 11.9 Å². The van der Waals surface area contributed by atoms with Gasteiger partial charge in [0.25, 0.3) is 0 Å². The van der Waals surface area contributed by atoms with Crippen LogP contribution in [0.15, 0.2) is 0 Å². The molecule has 2 aliphatic rings. The van der Waals surface area contributed by atoms with Crippen molar-refractivity contribution in [1.29, 1.82) is 0 Å². The fraction of sp³-hybridized carbons (Fsp3) is 0.926. The summed E-state index contributed by atoms with van der Waals surface area (Å²) < 4.78 is 11.7. The van der Waals surface area contributed by atoms with Crippen molar-refractivity contribution in [2.75, 3.05) is 14.1 Å². The molecule has 0 saturated carbocycles. The summed E-state index contributed by atoms with van der Waals surface area (Å²) >= 11 is 0. The number of esters is 2. The molecule has 0 radical (unpaired) electrons. The predicted octanol–water partition coefficient (Wildman–Crippen LogP) is 5.33. The van der Waals surface area contributed by atoms with E-state index < -0.39 is 0 Å². The molecule has 0 unspecified atom stereocenters. The molecule has 0 aliphatic carbocycles. The summed E-state index contributed by atoms with van der Waals surface area (Å²) in [7, 11) is 4.30. The Hall–Kier alpha value is -1.14. The zero-order valence-electron chi connectivity index (χ0n) is 23.0. The van der Waals surface area contributed by atoms with Gasteiger partial charge < -0.3 is 9.47 Å². The molecule has 6 heteroatoms. The molecule has 2 saturated heterocycles. The van der Waals surface area contributed by atoms with Crippen molar-refractivity contribution in [1.82, 2.24) is 9.80 Å². The number of likely N-dealkylation sites (tertiary alicyclic amines) is 2. The van der Waals surface area contributed by atoms with E-state index in [1.807, 2.05) is 0 Å². The van der Waals surface area contributed by atoms with Crippen LogP contribution in [-0.2, 0) is 19.1 Å². The number of hydrogen-bond donors (Lipinski definition) is 0. The summed E-state index contributed by atoms with van der Waals surface area (Å²) in [4.78, 5) is 29.6. The van der Waals surface area contributed by atoms with Crippen LogP contribution in [0.5, 0.6) is 0 Å². The van der Waals surface area contributed by atoms with Crippen molar-refractivity contribution >= 4 is 11.9 Å². The molecule has 0 spiro atoms. The summed E-state index contributed by atoms with van der Waals surface area (Å²) in [6, 6.07) is 0. The average Bonchev–Trinajstić information content (AvgIpc) is 2.62. The van der Waals surface area contributed by atoms with Crippen LogP contribution in [0.1, 0.15) is 113 Å². The van der Waals surface area contributed by atoms with E-state index in [2.05, 4.69) is 79.3 Å². The summed E-state index contributed by atoms with van der Waals surface area (Å²) in [6.07, 6.45) is 6.53. The van der Waals surface area contributed by atoms with Gasteiger partial charge in [0.15, 0.2) is 0 Å². The second-order valence-electron chi connectivity index (χ2n) is 13.0. The second-order valence-corrected chi connectivity index (χ2v) is 13.0. The van der Waals surface area contributed by atoms with Crippen LogP contribution in [0.25, 0.3) is 0 Å². The highest BCUT2D eigenvalue weighted by Crippen LogP contribution is 2.39. The molecule has 0 aromatic rings. The van der Waals surface area contributed by atoms with Gasteiger partial charge in [-0.1, -0.05) is 6.42 Å². The molecule has 0 aromatic carbocycles. The second kappa shape index (κ2) is 10.2. The van der Waals surface area contributed by atoms with Crippen molar-refractivity contribution in [2.45, 2.75) is 148 Å². The predicted molar refractivity (Wildman–Crippen MR) is 133 cm³/mol. The number of unbranched alkanes of at least 4 members (excludes halogenated alkanes) is 2. The minimum absolute atomic E-state index is 0.00519.